The summed E-state index contributed by atoms with van der Waals surface area (Å²) >= 11 is 0. The van der Waals surface area contributed by atoms with E-state index in [-0.39, 0.29) is 4.90 Å². The Kier molecular flexibility index (Phi) is 4.79. The molecule has 9 heteroatoms. The van der Waals surface area contributed by atoms with Gasteiger partial charge in [0.05, 0.1) is 5.56 Å². The van der Waals surface area contributed by atoms with E-state index < -0.39 is 10.0 Å². The van der Waals surface area contributed by atoms with Gasteiger partial charge in [-0.1, -0.05) is 29.4 Å². The minimum absolute atomic E-state index is 0.167. The van der Waals surface area contributed by atoms with Crippen LogP contribution in [0.3, 0.4) is 0 Å². The fraction of sp³-hybridized carbons (Fsp3) is 0.273. The SMILES string of the molecule is Cc1noc(C)c1S(=O)(=O)N1CCN(C2=Nc3ccccc3Oc3ccccc32)CC1. The molecule has 2 aliphatic heterocycles. The molecule has 3 aromatic rings. The van der Waals surface area contributed by atoms with Crippen molar-refractivity contribution >= 4 is 21.5 Å². The lowest BCUT2D eigenvalue weighted by Crippen LogP contribution is -2.50. The van der Waals surface area contributed by atoms with E-state index in [2.05, 4.69) is 10.1 Å². The third-order valence-electron chi connectivity index (χ3n) is 5.54. The molecule has 0 unspecified atom stereocenters. The maximum Gasteiger partial charge on any atom is 0.248 e. The van der Waals surface area contributed by atoms with Crippen molar-refractivity contribution in [1.82, 2.24) is 14.4 Å². The van der Waals surface area contributed by atoms with E-state index in [1.165, 1.54) is 4.31 Å². The molecule has 8 nitrogen and oxygen atoms in total. The molecule has 0 N–H and O–H groups in total. The van der Waals surface area contributed by atoms with Crippen molar-refractivity contribution in [3.8, 4) is 11.5 Å². The van der Waals surface area contributed by atoms with Gasteiger partial charge in [0.1, 0.15) is 27.9 Å². The van der Waals surface area contributed by atoms with Crippen LogP contribution in [0, 0.1) is 13.8 Å². The van der Waals surface area contributed by atoms with Crippen LogP contribution in [0.25, 0.3) is 0 Å². The van der Waals surface area contributed by atoms with Crippen molar-refractivity contribution in [3.63, 3.8) is 0 Å². The van der Waals surface area contributed by atoms with E-state index in [0.717, 1.165) is 22.8 Å². The smallest absolute Gasteiger partial charge is 0.248 e. The first kappa shape index (κ1) is 19.8. The van der Waals surface area contributed by atoms with Crippen molar-refractivity contribution in [2.45, 2.75) is 18.7 Å². The molecule has 3 heterocycles. The van der Waals surface area contributed by atoms with E-state index in [1.54, 1.807) is 13.8 Å². The summed E-state index contributed by atoms with van der Waals surface area (Å²) in [5.41, 5.74) is 2.02. The number of hydrogen-bond acceptors (Lipinski definition) is 7. The van der Waals surface area contributed by atoms with Crippen LogP contribution in [0.5, 0.6) is 11.5 Å². The Bertz CT molecular complexity index is 1250. The van der Waals surface area contributed by atoms with Gasteiger partial charge in [-0.25, -0.2) is 13.4 Å². The fourth-order valence-corrected chi connectivity index (χ4v) is 5.74. The van der Waals surface area contributed by atoms with Crippen LogP contribution in [0.4, 0.5) is 5.69 Å². The Labute approximate surface area is 180 Å². The van der Waals surface area contributed by atoms with E-state index in [1.807, 2.05) is 48.5 Å². The van der Waals surface area contributed by atoms with E-state index in [4.69, 9.17) is 14.3 Å². The lowest BCUT2D eigenvalue weighted by atomic mass is 10.1. The molecule has 0 spiro atoms. The molecule has 1 fully saturated rings. The highest BCUT2D eigenvalue weighted by Crippen LogP contribution is 2.38. The second-order valence-corrected chi connectivity index (χ2v) is 9.42. The first-order valence-electron chi connectivity index (χ1n) is 10.1. The van der Waals surface area contributed by atoms with Crippen LogP contribution in [0.2, 0.25) is 0 Å². The summed E-state index contributed by atoms with van der Waals surface area (Å²) in [7, 11) is -3.66. The molecular weight excluding hydrogens is 416 g/mol. The number of amidine groups is 1. The highest BCUT2D eigenvalue weighted by atomic mass is 32.2. The third-order valence-corrected chi connectivity index (χ3v) is 7.69. The van der Waals surface area contributed by atoms with Gasteiger partial charge in [0.25, 0.3) is 0 Å². The lowest BCUT2D eigenvalue weighted by Gasteiger charge is -2.35. The number of sulfonamides is 1. The van der Waals surface area contributed by atoms with Crippen molar-refractivity contribution < 1.29 is 17.7 Å². The predicted molar refractivity (Wildman–Crippen MR) is 115 cm³/mol. The Morgan fingerprint density at radius 2 is 1.58 bits per heavy atom. The second-order valence-electron chi connectivity index (χ2n) is 7.55. The number of benzene rings is 2. The number of hydrogen-bond donors (Lipinski definition) is 0. The molecular formula is C22H22N4O4S. The van der Waals surface area contributed by atoms with Gasteiger partial charge in [0, 0.05) is 26.2 Å². The summed E-state index contributed by atoms with van der Waals surface area (Å²) in [6.07, 6.45) is 0. The van der Waals surface area contributed by atoms with Gasteiger partial charge in [0.15, 0.2) is 11.5 Å². The summed E-state index contributed by atoms with van der Waals surface area (Å²) in [5.74, 6) is 2.53. The van der Waals surface area contributed by atoms with Crippen molar-refractivity contribution in [2.24, 2.45) is 4.99 Å². The Hall–Kier alpha value is -3.17. The largest absolute Gasteiger partial charge is 0.454 e. The minimum Gasteiger partial charge on any atom is -0.454 e. The number of ether oxygens (including phenoxy) is 1. The molecule has 0 saturated carbocycles. The standard InChI is InChI=1S/C22H22N4O4S/c1-15-21(16(2)30-24-15)31(27,28)26-13-11-25(12-14-26)22-17-7-3-5-9-19(17)29-20-10-6-4-8-18(20)23-22/h3-10H,11-14H2,1-2H3. The van der Waals surface area contributed by atoms with Crippen LogP contribution < -0.4 is 4.74 Å². The van der Waals surface area contributed by atoms with Gasteiger partial charge >= 0.3 is 0 Å². The number of piperazine rings is 1. The molecule has 31 heavy (non-hydrogen) atoms. The molecule has 0 amide bonds. The van der Waals surface area contributed by atoms with Crippen LogP contribution in [0.1, 0.15) is 17.0 Å². The lowest BCUT2D eigenvalue weighted by molar-refractivity contribution is 0.266. The average Bonchev–Trinajstić information content (AvgIpc) is 3.03. The van der Waals surface area contributed by atoms with Gasteiger partial charge in [-0.15, -0.1) is 0 Å². The Balaban J connectivity index is 1.45. The Morgan fingerprint density at radius 3 is 2.29 bits per heavy atom. The average molecular weight is 439 g/mol. The second kappa shape index (κ2) is 7.51. The zero-order chi connectivity index (χ0) is 21.6. The summed E-state index contributed by atoms with van der Waals surface area (Å²) in [6, 6.07) is 15.4. The van der Waals surface area contributed by atoms with Crippen LogP contribution in [0.15, 0.2) is 62.9 Å². The summed E-state index contributed by atoms with van der Waals surface area (Å²) < 4.78 is 39.0. The molecule has 5 rings (SSSR count). The van der Waals surface area contributed by atoms with Crippen LogP contribution in [-0.2, 0) is 10.0 Å². The van der Waals surface area contributed by atoms with E-state index >= 15 is 0 Å². The molecule has 2 aromatic carbocycles. The van der Waals surface area contributed by atoms with Crippen LogP contribution in [-0.4, -0.2) is 54.8 Å². The predicted octanol–water partition coefficient (Wildman–Crippen LogP) is 3.48. The van der Waals surface area contributed by atoms with Crippen molar-refractivity contribution in [3.05, 3.63) is 65.5 Å². The molecule has 0 aliphatic carbocycles. The fourth-order valence-electron chi connectivity index (χ4n) is 4.02. The number of rotatable bonds is 2. The number of aliphatic imine (C=N–C) groups is 1. The Morgan fingerprint density at radius 1 is 0.903 bits per heavy atom. The summed E-state index contributed by atoms with van der Waals surface area (Å²) in [4.78, 5) is 7.18. The molecule has 1 aromatic heterocycles. The highest BCUT2D eigenvalue weighted by Gasteiger charge is 2.34. The number of fused-ring (bicyclic) bond motifs is 2. The van der Waals surface area contributed by atoms with Crippen molar-refractivity contribution in [2.75, 3.05) is 26.2 Å². The quantitative estimate of drug-likeness (QED) is 0.609. The number of aromatic nitrogens is 1. The molecule has 0 radical (unpaired) electrons. The first-order chi connectivity index (χ1) is 14.9. The number of aryl methyl sites for hydroxylation is 2. The highest BCUT2D eigenvalue weighted by molar-refractivity contribution is 7.89. The van der Waals surface area contributed by atoms with Crippen molar-refractivity contribution in [1.29, 1.82) is 0 Å². The van der Waals surface area contributed by atoms with E-state index in [0.29, 0.717) is 43.4 Å². The number of nitrogens with zero attached hydrogens (tertiary/aromatic N) is 4. The van der Waals surface area contributed by atoms with Gasteiger partial charge in [0.2, 0.25) is 10.0 Å². The van der Waals surface area contributed by atoms with Gasteiger partial charge in [-0.2, -0.15) is 4.31 Å². The van der Waals surface area contributed by atoms with Crippen LogP contribution >= 0.6 is 0 Å². The maximum absolute atomic E-state index is 13.1. The van der Waals surface area contributed by atoms with Gasteiger partial charge in [-0.05, 0) is 38.1 Å². The minimum atomic E-state index is -3.66. The normalized spacial score (nSPS) is 16.7. The molecule has 160 valence electrons. The van der Waals surface area contributed by atoms with E-state index in [9.17, 15) is 8.42 Å². The van der Waals surface area contributed by atoms with Gasteiger partial charge in [-0.3, -0.25) is 0 Å². The molecule has 0 bridgehead atoms. The number of para-hydroxylation sites is 3. The van der Waals surface area contributed by atoms with Gasteiger partial charge < -0.3 is 14.2 Å². The summed E-state index contributed by atoms with van der Waals surface area (Å²) in [6.45, 7) is 4.98. The topological polar surface area (TPSA) is 88.2 Å². The molecule has 0 atom stereocenters. The molecule has 2 aliphatic rings. The molecule has 1 saturated heterocycles. The summed E-state index contributed by atoms with van der Waals surface area (Å²) in [5, 5.41) is 3.80. The third kappa shape index (κ3) is 3.39. The zero-order valence-corrected chi connectivity index (χ0v) is 18.1. The first-order valence-corrected chi connectivity index (χ1v) is 11.5. The zero-order valence-electron chi connectivity index (χ0n) is 17.3. The maximum atomic E-state index is 13.1. The monoisotopic (exact) mass is 438 g/mol.